The van der Waals surface area contributed by atoms with Crippen molar-refractivity contribution in [2.45, 2.75) is 51.0 Å². The highest BCUT2D eigenvalue weighted by Crippen LogP contribution is 2.03. The lowest BCUT2D eigenvalue weighted by molar-refractivity contribution is -0.135. The summed E-state index contributed by atoms with van der Waals surface area (Å²) in [5, 5.41) is 14.6. The second kappa shape index (κ2) is 19.0. The molecule has 0 rings (SSSR count). The molecule has 1 atom stereocenters. The van der Waals surface area contributed by atoms with Crippen LogP contribution in [0.25, 0.3) is 0 Å². The van der Waals surface area contributed by atoms with Crippen LogP contribution in [-0.4, -0.2) is 86.4 Å². The maximum Gasteiger partial charge on any atom is 0.505 e. The molecule has 0 bridgehead atoms. The van der Waals surface area contributed by atoms with Gasteiger partial charge in [-0.1, -0.05) is 6.42 Å². The van der Waals surface area contributed by atoms with Gasteiger partial charge in [0.1, 0.15) is 6.61 Å². The smallest absolute Gasteiger partial charge is 0.450 e. The quantitative estimate of drug-likeness (QED) is 0.112. The summed E-state index contributed by atoms with van der Waals surface area (Å²) in [5.74, 6) is -0.526. The molecule has 0 saturated heterocycles. The van der Waals surface area contributed by atoms with Gasteiger partial charge in [-0.25, -0.2) is 4.79 Å². The summed E-state index contributed by atoms with van der Waals surface area (Å²) in [6.07, 6.45) is 3.86. The van der Waals surface area contributed by atoms with Crippen molar-refractivity contribution >= 4 is 18.0 Å². The van der Waals surface area contributed by atoms with Gasteiger partial charge in [-0.15, -0.1) is 0 Å². The number of ether oxygens (including phenoxy) is 1. The predicted octanol–water partition coefficient (Wildman–Crippen LogP) is -0.809. The maximum atomic E-state index is 12.5. The largest absolute Gasteiger partial charge is 0.505 e. The number of carboxylic acid groups (broad SMARTS) is 1. The molecule has 30 heavy (non-hydrogen) atoms. The molecule has 11 nitrogen and oxygen atoms in total. The Morgan fingerprint density at radius 3 is 2.20 bits per heavy atom. The molecule has 11 heteroatoms. The Morgan fingerprint density at radius 1 is 0.933 bits per heavy atom. The van der Waals surface area contributed by atoms with Gasteiger partial charge in [0.25, 0.3) is 0 Å². The zero-order chi connectivity index (χ0) is 22.6. The molecule has 0 aromatic carbocycles. The monoisotopic (exact) mass is 432 g/mol. The Labute approximate surface area is 179 Å². The van der Waals surface area contributed by atoms with Crippen LogP contribution >= 0.6 is 0 Å². The molecule has 0 aromatic heterocycles. The summed E-state index contributed by atoms with van der Waals surface area (Å²) in [4.78, 5) is 37.2. The summed E-state index contributed by atoms with van der Waals surface area (Å²) in [6.45, 7) is 2.65. The lowest BCUT2D eigenvalue weighted by atomic mass is 10.1. The molecule has 0 aromatic rings. The van der Waals surface area contributed by atoms with Crippen molar-refractivity contribution in [2.24, 2.45) is 17.2 Å². The van der Waals surface area contributed by atoms with Crippen LogP contribution in [0.15, 0.2) is 0 Å². The van der Waals surface area contributed by atoms with Gasteiger partial charge in [-0.3, -0.25) is 9.59 Å². The van der Waals surface area contributed by atoms with E-state index in [-0.39, 0.29) is 31.5 Å². The zero-order valence-corrected chi connectivity index (χ0v) is 17.9. The van der Waals surface area contributed by atoms with Crippen molar-refractivity contribution in [1.82, 2.24) is 15.5 Å². The van der Waals surface area contributed by atoms with Crippen molar-refractivity contribution < 1.29 is 24.2 Å². The third kappa shape index (κ3) is 15.9. The molecule has 0 spiro atoms. The van der Waals surface area contributed by atoms with Crippen LogP contribution in [0.5, 0.6) is 0 Å². The van der Waals surface area contributed by atoms with Gasteiger partial charge in [-0.2, -0.15) is 0 Å². The predicted molar refractivity (Wildman–Crippen MR) is 115 cm³/mol. The van der Waals surface area contributed by atoms with Crippen molar-refractivity contribution in [3.63, 3.8) is 0 Å². The molecule has 9 N–H and O–H groups in total. The highest BCUT2D eigenvalue weighted by atomic mass is 16.7. The van der Waals surface area contributed by atoms with Crippen LogP contribution in [0.2, 0.25) is 0 Å². The lowest BCUT2D eigenvalue weighted by Crippen LogP contribution is -2.48. The average Bonchev–Trinajstić information content (AvgIpc) is 2.71. The first-order chi connectivity index (χ1) is 14.4. The van der Waals surface area contributed by atoms with E-state index >= 15 is 0 Å². The Hall–Kier alpha value is -1.95. The summed E-state index contributed by atoms with van der Waals surface area (Å²) < 4.78 is 4.61. The third-order valence-corrected chi connectivity index (χ3v) is 4.43. The number of carbonyl (C=O) groups excluding carboxylic acids is 2. The van der Waals surface area contributed by atoms with E-state index in [1.165, 1.54) is 4.90 Å². The highest BCUT2D eigenvalue weighted by Gasteiger charge is 2.20. The number of nitrogens with two attached hydrogens (primary N) is 3. The van der Waals surface area contributed by atoms with Gasteiger partial charge in [0.2, 0.25) is 11.8 Å². The molecule has 0 aliphatic carbocycles. The van der Waals surface area contributed by atoms with E-state index in [4.69, 9.17) is 22.3 Å². The number of hydrogen-bond acceptors (Lipinski definition) is 8. The summed E-state index contributed by atoms with van der Waals surface area (Å²) in [6, 6.07) is -0.462. The van der Waals surface area contributed by atoms with Crippen molar-refractivity contribution in [2.75, 3.05) is 52.4 Å². The van der Waals surface area contributed by atoms with E-state index in [0.29, 0.717) is 45.6 Å². The highest BCUT2D eigenvalue weighted by molar-refractivity contribution is 5.85. The molecular weight excluding hydrogens is 392 g/mol. The molecule has 0 heterocycles. The first-order valence-electron chi connectivity index (χ1n) is 10.7. The number of amides is 2. The van der Waals surface area contributed by atoms with E-state index in [0.717, 1.165) is 32.1 Å². The van der Waals surface area contributed by atoms with E-state index in [1.807, 2.05) is 0 Å². The van der Waals surface area contributed by atoms with Crippen LogP contribution < -0.4 is 27.8 Å². The number of nitrogens with one attached hydrogen (secondary N) is 2. The minimum atomic E-state index is -1.40. The first kappa shape index (κ1) is 28.1. The summed E-state index contributed by atoms with van der Waals surface area (Å²) >= 11 is 0. The van der Waals surface area contributed by atoms with Gasteiger partial charge >= 0.3 is 6.16 Å². The molecule has 0 saturated carbocycles. The van der Waals surface area contributed by atoms with Crippen molar-refractivity contribution in [1.29, 1.82) is 0 Å². The first-order valence-corrected chi connectivity index (χ1v) is 10.7. The standard InChI is InChI=1S/C19H40N6O5/c20-8-2-1-7-16(15-30-19(28)29)24-17(26)14-25(12-6-4-10-22)18(27)13-23-11-5-3-9-21/h16,23H,1-15,20-22H2,(H,24,26)(H,28,29)/t16-/m0/s1. The Morgan fingerprint density at radius 2 is 1.57 bits per heavy atom. The fraction of sp³-hybridized carbons (Fsp3) is 0.842. The fourth-order valence-electron chi connectivity index (χ4n) is 2.79. The van der Waals surface area contributed by atoms with Crippen LogP contribution in [0, 0.1) is 0 Å². The molecule has 2 amide bonds. The third-order valence-electron chi connectivity index (χ3n) is 4.43. The second-order valence-corrected chi connectivity index (χ2v) is 7.11. The van der Waals surface area contributed by atoms with E-state index < -0.39 is 12.2 Å². The molecule has 176 valence electrons. The zero-order valence-electron chi connectivity index (χ0n) is 17.9. The van der Waals surface area contributed by atoms with Crippen molar-refractivity contribution in [3.05, 3.63) is 0 Å². The minimum absolute atomic E-state index is 0.103. The van der Waals surface area contributed by atoms with Gasteiger partial charge in [0.15, 0.2) is 0 Å². The van der Waals surface area contributed by atoms with Gasteiger partial charge < -0.3 is 42.6 Å². The van der Waals surface area contributed by atoms with Gasteiger partial charge in [0.05, 0.1) is 19.1 Å². The van der Waals surface area contributed by atoms with Crippen LogP contribution in [0.1, 0.15) is 44.9 Å². The SMILES string of the molecule is NCCCCNCC(=O)N(CCCCN)CC(=O)N[C@@H](CCCCN)COC(=O)O. The second-order valence-electron chi connectivity index (χ2n) is 7.11. The molecular formula is C19H40N6O5. The van der Waals surface area contributed by atoms with Gasteiger partial charge in [-0.05, 0) is 64.7 Å². The Balaban J connectivity index is 4.69. The number of carbonyl (C=O) groups is 3. The normalized spacial score (nSPS) is 11.7. The molecule has 0 aliphatic rings. The van der Waals surface area contributed by atoms with Crippen LogP contribution in [0.4, 0.5) is 4.79 Å². The summed E-state index contributed by atoms with van der Waals surface area (Å²) in [5.41, 5.74) is 16.5. The number of rotatable bonds is 19. The molecule has 0 fully saturated rings. The fourth-order valence-corrected chi connectivity index (χ4v) is 2.79. The Kier molecular flexibility index (Phi) is 17.8. The topological polar surface area (TPSA) is 186 Å². The van der Waals surface area contributed by atoms with Crippen LogP contribution in [-0.2, 0) is 14.3 Å². The molecule has 0 aliphatic heterocycles. The van der Waals surface area contributed by atoms with Gasteiger partial charge in [0, 0.05) is 6.54 Å². The average molecular weight is 433 g/mol. The maximum absolute atomic E-state index is 12.5. The Bertz CT molecular complexity index is 480. The van der Waals surface area contributed by atoms with Crippen LogP contribution in [0.3, 0.4) is 0 Å². The molecule has 0 radical (unpaired) electrons. The van der Waals surface area contributed by atoms with Crippen molar-refractivity contribution in [3.8, 4) is 0 Å². The number of unbranched alkanes of at least 4 members (excludes halogenated alkanes) is 3. The molecule has 0 unspecified atom stereocenters. The number of nitrogens with zero attached hydrogens (tertiary/aromatic N) is 1. The minimum Gasteiger partial charge on any atom is -0.450 e. The van der Waals surface area contributed by atoms with E-state index in [1.54, 1.807) is 0 Å². The summed E-state index contributed by atoms with van der Waals surface area (Å²) in [7, 11) is 0. The lowest BCUT2D eigenvalue weighted by Gasteiger charge is -2.24. The number of hydrogen-bond donors (Lipinski definition) is 6. The van der Waals surface area contributed by atoms with E-state index in [9.17, 15) is 14.4 Å². The van der Waals surface area contributed by atoms with E-state index in [2.05, 4.69) is 15.4 Å².